The molecule has 0 bridgehead atoms. The molecule has 0 aromatic carbocycles. The van der Waals surface area contributed by atoms with Gasteiger partial charge in [-0.1, -0.05) is 27.2 Å². The molecular weight excluding hydrogens is 184 g/mol. The fourth-order valence-corrected chi connectivity index (χ4v) is 2.45. The highest BCUT2D eigenvalue weighted by Crippen LogP contribution is 2.22. The normalized spacial score (nSPS) is 26.8. The Morgan fingerprint density at radius 1 is 1.33 bits per heavy atom. The zero-order chi connectivity index (χ0) is 11.3. The van der Waals surface area contributed by atoms with Crippen LogP contribution in [0, 0.1) is 11.8 Å². The lowest BCUT2D eigenvalue weighted by atomic mass is 10.00. The highest BCUT2D eigenvalue weighted by Gasteiger charge is 2.27. The summed E-state index contributed by atoms with van der Waals surface area (Å²) < 4.78 is 0. The Labute approximate surface area is 95.4 Å². The molecule has 1 aliphatic heterocycles. The molecule has 1 rings (SSSR count). The number of hydrogen-bond donors (Lipinski definition) is 1. The summed E-state index contributed by atoms with van der Waals surface area (Å²) >= 11 is 0. The molecule has 0 aromatic rings. The molecule has 1 saturated heterocycles. The quantitative estimate of drug-likeness (QED) is 0.727. The maximum atomic E-state index is 3.47. The third-order valence-corrected chi connectivity index (χ3v) is 4.04. The van der Waals surface area contributed by atoms with Gasteiger partial charge in [0.25, 0.3) is 0 Å². The number of rotatable bonds is 6. The number of likely N-dealkylation sites (tertiary alicyclic amines) is 1. The molecule has 1 heterocycles. The molecular formula is C13H28N2. The average molecular weight is 212 g/mol. The zero-order valence-corrected chi connectivity index (χ0v) is 10.9. The molecule has 2 heteroatoms. The van der Waals surface area contributed by atoms with Crippen LogP contribution in [-0.4, -0.2) is 37.1 Å². The fourth-order valence-electron chi connectivity index (χ4n) is 2.45. The summed E-state index contributed by atoms with van der Waals surface area (Å²) in [7, 11) is 0. The second-order valence-electron chi connectivity index (χ2n) is 5.08. The SMILES string of the molecule is CCNCC1CCN(C(C)C(C)CC)C1. The summed E-state index contributed by atoms with van der Waals surface area (Å²) in [6.45, 7) is 14.2. The Morgan fingerprint density at radius 2 is 2.07 bits per heavy atom. The van der Waals surface area contributed by atoms with Gasteiger partial charge in [0.2, 0.25) is 0 Å². The van der Waals surface area contributed by atoms with Gasteiger partial charge in [0.1, 0.15) is 0 Å². The van der Waals surface area contributed by atoms with E-state index in [0.29, 0.717) is 0 Å². The van der Waals surface area contributed by atoms with Gasteiger partial charge in [-0.2, -0.15) is 0 Å². The van der Waals surface area contributed by atoms with Crippen LogP contribution < -0.4 is 5.32 Å². The van der Waals surface area contributed by atoms with Crippen molar-refractivity contribution >= 4 is 0 Å². The van der Waals surface area contributed by atoms with Crippen LogP contribution in [0.15, 0.2) is 0 Å². The smallest absolute Gasteiger partial charge is 0.00925 e. The topological polar surface area (TPSA) is 15.3 Å². The standard InChI is InChI=1S/C13H28N2/c1-5-11(3)12(4)15-8-7-13(10-15)9-14-6-2/h11-14H,5-10H2,1-4H3. The van der Waals surface area contributed by atoms with Gasteiger partial charge in [0.15, 0.2) is 0 Å². The average Bonchev–Trinajstić information content (AvgIpc) is 2.72. The largest absolute Gasteiger partial charge is 0.317 e. The molecule has 0 aliphatic carbocycles. The summed E-state index contributed by atoms with van der Waals surface area (Å²) in [5.41, 5.74) is 0. The van der Waals surface area contributed by atoms with Crippen molar-refractivity contribution in [1.82, 2.24) is 10.2 Å². The van der Waals surface area contributed by atoms with Crippen LogP contribution in [0.2, 0.25) is 0 Å². The van der Waals surface area contributed by atoms with Crippen molar-refractivity contribution in [3.8, 4) is 0 Å². The predicted molar refractivity (Wildman–Crippen MR) is 67.1 cm³/mol. The van der Waals surface area contributed by atoms with E-state index in [1.54, 1.807) is 0 Å². The predicted octanol–water partition coefficient (Wildman–Crippen LogP) is 2.35. The van der Waals surface area contributed by atoms with Crippen LogP contribution in [0.3, 0.4) is 0 Å². The molecule has 3 unspecified atom stereocenters. The second-order valence-corrected chi connectivity index (χ2v) is 5.08. The molecule has 15 heavy (non-hydrogen) atoms. The lowest BCUT2D eigenvalue weighted by Crippen LogP contribution is -2.36. The first-order valence-corrected chi connectivity index (χ1v) is 6.63. The molecule has 0 saturated carbocycles. The first-order chi connectivity index (χ1) is 7.19. The minimum Gasteiger partial charge on any atom is -0.317 e. The van der Waals surface area contributed by atoms with E-state index >= 15 is 0 Å². The summed E-state index contributed by atoms with van der Waals surface area (Å²) in [5, 5.41) is 3.47. The third-order valence-electron chi connectivity index (χ3n) is 4.04. The molecule has 0 radical (unpaired) electrons. The van der Waals surface area contributed by atoms with E-state index in [0.717, 1.165) is 24.4 Å². The minimum absolute atomic E-state index is 0.765. The lowest BCUT2D eigenvalue weighted by molar-refractivity contribution is 0.188. The molecule has 1 fully saturated rings. The Balaban J connectivity index is 2.28. The molecule has 1 aliphatic rings. The maximum absolute atomic E-state index is 3.47. The van der Waals surface area contributed by atoms with Crippen molar-refractivity contribution in [3.63, 3.8) is 0 Å². The van der Waals surface area contributed by atoms with Gasteiger partial charge in [-0.15, -0.1) is 0 Å². The Bertz CT molecular complexity index is 170. The van der Waals surface area contributed by atoms with Gasteiger partial charge in [-0.3, -0.25) is 0 Å². The molecule has 0 spiro atoms. The van der Waals surface area contributed by atoms with Crippen molar-refractivity contribution in [2.75, 3.05) is 26.2 Å². The van der Waals surface area contributed by atoms with Crippen LogP contribution in [0.4, 0.5) is 0 Å². The van der Waals surface area contributed by atoms with E-state index < -0.39 is 0 Å². The summed E-state index contributed by atoms with van der Waals surface area (Å²) in [6, 6.07) is 0.765. The Morgan fingerprint density at radius 3 is 2.67 bits per heavy atom. The van der Waals surface area contributed by atoms with Gasteiger partial charge < -0.3 is 10.2 Å². The molecule has 2 nitrogen and oxygen atoms in total. The van der Waals surface area contributed by atoms with Crippen LogP contribution in [0.5, 0.6) is 0 Å². The zero-order valence-electron chi connectivity index (χ0n) is 10.9. The maximum Gasteiger partial charge on any atom is 0.00925 e. The summed E-state index contributed by atoms with van der Waals surface area (Å²) in [6.07, 6.45) is 2.68. The van der Waals surface area contributed by atoms with Crippen molar-refractivity contribution in [2.45, 2.75) is 46.6 Å². The first-order valence-electron chi connectivity index (χ1n) is 6.63. The van der Waals surface area contributed by atoms with E-state index in [1.165, 1.54) is 32.5 Å². The highest BCUT2D eigenvalue weighted by atomic mass is 15.2. The van der Waals surface area contributed by atoms with Crippen molar-refractivity contribution in [1.29, 1.82) is 0 Å². The monoisotopic (exact) mass is 212 g/mol. The molecule has 1 N–H and O–H groups in total. The van der Waals surface area contributed by atoms with Gasteiger partial charge in [0.05, 0.1) is 0 Å². The Kier molecular flexibility index (Phi) is 5.62. The van der Waals surface area contributed by atoms with Crippen molar-refractivity contribution < 1.29 is 0 Å². The van der Waals surface area contributed by atoms with Gasteiger partial charge in [0, 0.05) is 12.6 Å². The number of nitrogens with one attached hydrogen (secondary N) is 1. The summed E-state index contributed by atoms with van der Waals surface area (Å²) in [5.74, 6) is 1.72. The van der Waals surface area contributed by atoms with Crippen LogP contribution >= 0.6 is 0 Å². The van der Waals surface area contributed by atoms with E-state index in [1.807, 2.05) is 0 Å². The molecule has 0 amide bonds. The second kappa shape index (κ2) is 6.49. The lowest BCUT2D eigenvalue weighted by Gasteiger charge is -2.29. The van der Waals surface area contributed by atoms with Crippen LogP contribution in [0.1, 0.15) is 40.5 Å². The number of nitrogens with zero attached hydrogens (tertiary/aromatic N) is 1. The van der Waals surface area contributed by atoms with E-state index in [9.17, 15) is 0 Å². The van der Waals surface area contributed by atoms with Gasteiger partial charge >= 0.3 is 0 Å². The van der Waals surface area contributed by atoms with Crippen LogP contribution in [0.25, 0.3) is 0 Å². The third kappa shape index (κ3) is 3.76. The molecule has 0 aromatic heterocycles. The van der Waals surface area contributed by atoms with Crippen LogP contribution in [-0.2, 0) is 0 Å². The van der Waals surface area contributed by atoms with Crippen molar-refractivity contribution in [3.05, 3.63) is 0 Å². The molecule has 90 valence electrons. The highest BCUT2D eigenvalue weighted by molar-refractivity contribution is 4.82. The van der Waals surface area contributed by atoms with E-state index in [2.05, 4.69) is 37.9 Å². The van der Waals surface area contributed by atoms with E-state index in [-0.39, 0.29) is 0 Å². The number of hydrogen-bond acceptors (Lipinski definition) is 2. The molecule has 3 atom stereocenters. The van der Waals surface area contributed by atoms with Gasteiger partial charge in [-0.25, -0.2) is 0 Å². The van der Waals surface area contributed by atoms with Crippen molar-refractivity contribution in [2.24, 2.45) is 11.8 Å². The summed E-state index contributed by atoms with van der Waals surface area (Å²) in [4.78, 5) is 2.68. The van der Waals surface area contributed by atoms with Gasteiger partial charge in [-0.05, 0) is 44.8 Å². The van der Waals surface area contributed by atoms with E-state index in [4.69, 9.17) is 0 Å². The Hall–Kier alpha value is -0.0800. The minimum atomic E-state index is 0.765. The first kappa shape index (κ1) is 13.0. The fraction of sp³-hybridized carbons (Fsp3) is 1.00.